The molecule has 0 bridgehead atoms. The number of nitrogens with one attached hydrogen (secondary N) is 1. The van der Waals surface area contributed by atoms with Gasteiger partial charge < -0.3 is 15.5 Å². The lowest BCUT2D eigenvalue weighted by Crippen LogP contribution is -2.12. The summed E-state index contributed by atoms with van der Waals surface area (Å²) in [5.41, 5.74) is 7.62. The van der Waals surface area contributed by atoms with Gasteiger partial charge in [0.05, 0.1) is 11.7 Å². The predicted octanol–water partition coefficient (Wildman–Crippen LogP) is 1.07. The van der Waals surface area contributed by atoms with Crippen molar-refractivity contribution in [3.8, 4) is 0 Å². The van der Waals surface area contributed by atoms with Gasteiger partial charge in [0, 0.05) is 18.3 Å². The van der Waals surface area contributed by atoms with Gasteiger partial charge in [-0.05, 0) is 37.6 Å². The summed E-state index contributed by atoms with van der Waals surface area (Å²) in [6.45, 7) is 2.25. The molecule has 1 aliphatic heterocycles. The van der Waals surface area contributed by atoms with Gasteiger partial charge in [-0.25, -0.2) is 4.98 Å². The van der Waals surface area contributed by atoms with Crippen LogP contribution in [0, 0.1) is 5.92 Å². The largest absolute Gasteiger partial charge is 0.399 e. The summed E-state index contributed by atoms with van der Waals surface area (Å²) in [5, 5.41) is 3.38. The van der Waals surface area contributed by atoms with Crippen molar-refractivity contribution in [2.24, 2.45) is 5.92 Å². The summed E-state index contributed by atoms with van der Waals surface area (Å²) in [6, 6.07) is 3.88. The predicted molar refractivity (Wildman–Crippen MR) is 64.3 cm³/mol. The summed E-state index contributed by atoms with van der Waals surface area (Å²) in [4.78, 5) is 4.48. The molecular formula is C12H16N4. The third-order valence-electron chi connectivity index (χ3n) is 3.27. The van der Waals surface area contributed by atoms with Crippen LogP contribution in [-0.2, 0) is 6.42 Å². The van der Waals surface area contributed by atoms with Gasteiger partial charge in [0.2, 0.25) is 0 Å². The van der Waals surface area contributed by atoms with Crippen LogP contribution >= 0.6 is 0 Å². The van der Waals surface area contributed by atoms with E-state index in [-0.39, 0.29) is 0 Å². The van der Waals surface area contributed by atoms with E-state index in [4.69, 9.17) is 5.73 Å². The molecule has 3 heterocycles. The van der Waals surface area contributed by atoms with Crippen molar-refractivity contribution in [1.29, 1.82) is 0 Å². The van der Waals surface area contributed by atoms with Crippen LogP contribution in [0.1, 0.15) is 12.2 Å². The van der Waals surface area contributed by atoms with Crippen LogP contribution in [0.3, 0.4) is 0 Å². The molecule has 0 aliphatic carbocycles. The maximum Gasteiger partial charge on any atom is 0.113 e. The van der Waals surface area contributed by atoms with Crippen molar-refractivity contribution >= 4 is 11.2 Å². The lowest BCUT2D eigenvalue weighted by Gasteiger charge is -2.07. The molecule has 3 rings (SSSR count). The summed E-state index contributed by atoms with van der Waals surface area (Å²) in [5.74, 6) is 1.87. The van der Waals surface area contributed by atoms with Gasteiger partial charge in [0.25, 0.3) is 0 Å². The minimum absolute atomic E-state index is 0.725. The Kier molecular flexibility index (Phi) is 2.29. The molecule has 1 aliphatic rings. The molecule has 3 N–H and O–H groups in total. The topological polar surface area (TPSA) is 55.4 Å². The van der Waals surface area contributed by atoms with E-state index in [1.807, 2.05) is 24.5 Å². The van der Waals surface area contributed by atoms with Gasteiger partial charge in [0.15, 0.2) is 0 Å². The number of nitrogens with zero attached hydrogens (tertiary/aromatic N) is 2. The van der Waals surface area contributed by atoms with Gasteiger partial charge in [-0.15, -0.1) is 0 Å². The van der Waals surface area contributed by atoms with Crippen LogP contribution in [0.5, 0.6) is 0 Å². The molecular weight excluding hydrogens is 200 g/mol. The molecule has 2 aromatic rings. The van der Waals surface area contributed by atoms with Crippen LogP contribution < -0.4 is 11.1 Å². The molecule has 1 atom stereocenters. The lowest BCUT2D eigenvalue weighted by atomic mass is 10.1. The number of nitrogens with two attached hydrogens (primary N) is 1. The number of pyridine rings is 1. The van der Waals surface area contributed by atoms with Gasteiger partial charge >= 0.3 is 0 Å². The number of fused-ring (bicyclic) bond motifs is 1. The molecule has 1 fully saturated rings. The number of nitrogen functional groups attached to an aromatic ring is 1. The Balaban J connectivity index is 1.91. The molecule has 0 amide bonds. The zero-order valence-corrected chi connectivity index (χ0v) is 9.19. The number of aromatic nitrogens is 2. The molecule has 0 spiro atoms. The van der Waals surface area contributed by atoms with E-state index in [9.17, 15) is 0 Å². The molecule has 1 saturated heterocycles. The maximum absolute atomic E-state index is 5.75. The van der Waals surface area contributed by atoms with Gasteiger partial charge in [-0.3, -0.25) is 0 Å². The van der Waals surface area contributed by atoms with E-state index in [0.29, 0.717) is 0 Å². The fourth-order valence-corrected chi connectivity index (χ4v) is 2.37. The maximum atomic E-state index is 5.75. The van der Waals surface area contributed by atoms with Crippen LogP contribution in [0.25, 0.3) is 5.52 Å². The molecule has 1 unspecified atom stereocenters. The summed E-state index contributed by atoms with van der Waals surface area (Å²) >= 11 is 0. The molecule has 16 heavy (non-hydrogen) atoms. The van der Waals surface area contributed by atoms with Crippen LogP contribution in [0.2, 0.25) is 0 Å². The molecule has 4 heteroatoms. The average Bonchev–Trinajstić information content (AvgIpc) is 2.89. The van der Waals surface area contributed by atoms with Gasteiger partial charge in [-0.1, -0.05) is 0 Å². The van der Waals surface area contributed by atoms with Crippen molar-refractivity contribution in [2.75, 3.05) is 18.8 Å². The quantitative estimate of drug-likeness (QED) is 0.789. The Morgan fingerprint density at radius 1 is 1.56 bits per heavy atom. The fourth-order valence-electron chi connectivity index (χ4n) is 2.37. The first-order valence-electron chi connectivity index (χ1n) is 5.75. The third-order valence-corrected chi connectivity index (χ3v) is 3.27. The minimum atomic E-state index is 0.725. The highest BCUT2D eigenvalue weighted by Gasteiger charge is 2.17. The molecule has 2 aromatic heterocycles. The monoisotopic (exact) mass is 216 g/mol. The average molecular weight is 216 g/mol. The second-order valence-electron chi connectivity index (χ2n) is 4.49. The van der Waals surface area contributed by atoms with E-state index >= 15 is 0 Å². The number of anilines is 1. The molecule has 84 valence electrons. The van der Waals surface area contributed by atoms with Crippen molar-refractivity contribution in [3.63, 3.8) is 0 Å². The number of imidazole rings is 1. The Morgan fingerprint density at radius 2 is 2.50 bits per heavy atom. The van der Waals surface area contributed by atoms with E-state index in [1.54, 1.807) is 0 Å². The first kappa shape index (κ1) is 9.66. The van der Waals surface area contributed by atoms with E-state index in [1.165, 1.54) is 6.42 Å². The first-order valence-corrected chi connectivity index (χ1v) is 5.75. The normalized spacial score (nSPS) is 20.6. The van der Waals surface area contributed by atoms with E-state index in [0.717, 1.165) is 42.5 Å². The second-order valence-corrected chi connectivity index (χ2v) is 4.49. The third kappa shape index (κ3) is 1.65. The number of hydrogen-bond acceptors (Lipinski definition) is 3. The van der Waals surface area contributed by atoms with Crippen molar-refractivity contribution in [1.82, 2.24) is 14.7 Å². The van der Waals surface area contributed by atoms with Crippen molar-refractivity contribution in [2.45, 2.75) is 12.8 Å². The molecule has 0 saturated carbocycles. The SMILES string of the molecule is Nc1ccn2c(CC3CCNC3)ncc2c1. The highest BCUT2D eigenvalue weighted by atomic mass is 15.0. The van der Waals surface area contributed by atoms with Crippen LogP contribution in [0.15, 0.2) is 24.5 Å². The lowest BCUT2D eigenvalue weighted by molar-refractivity contribution is 0.560. The Bertz CT molecular complexity index is 497. The van der Waals surface area contributed by atoms with Crippen molar-refractivity contribution in [3.05, 3.63) is 30.4 Å². The number of hydrogen-bond donors (Lipinski definition) is 2. The Morgan fingerprint density at radius 3 is 3.31 bits per heavy atom. The zero-order valence-electron chi connectivity index (χ0n) is 9.19. The standard InChI is InChI=1S/C12H16N4/c13-10-2-4-16-11(6-10)8-15-12(16)5-9-1-3-14-7-9/h2,4,6,8-9,14H,1,3,5,7,13H2. The van der Waals surface area contributed by atoms with E-state index < -0.39 is 0 Å². The molecule has 0 aromatic carbocycles. The van der Waals surface area contributed by atoms with Crippen molar-refractivity contribution < 1.29 is 0 Å². The fraction of sp³-hybridized carbons (Fsp3) is 0.417. The van der Waals surface area contributed by atoms with E-state index in [2.05, 4.69) is 14.7 Å². The molecule has 4 nitrogen and oxygen atoms in total. The molecule has 0 radical (unpaired) electrons. The smallest absolute Gasteiger partial charge is 0.113 e. The van der Waals surface area contributed by atoms with Crippen LogP contribution in [0.4, 0.5) is 5.69 Å². The summed E-state index contributed by atoms with van der Waals surface area (Å²) in [7, 11) is 0. The van der Waals surface area contributed by atoms with Gasteiger partial charge in [-0.2, -0.15) is 0 Å². The highest BCUT2D eigenvalue weighted by molar-refractivity contribution is 5.55. The Labute approximate surface area is 94.5 Å². The minimum Gasteiger partial charge on any atom is -0.399 e. The van der Waals surface area contributed by atoms with Crippen LogP contribution in [-0.4, -0.2) is 22.5 Å². The zero-order chi connectivity index (χ0) is 11.0. The first-order chi connectivity index (χ1) is 7.83. The van der Waals surface area contributed by atoms with Gasteiger partial charge in [0.1, 0.15) is 5.82 Å². The Hall–Kier alpha value is -1.55. The summed E-state index contributed by atoms with van der Waals surface area (Å²) in [6.07, 6.45) is 6.21. The summed E-state index contributed by atoms with van der Waals surface area (Å²) < 4.78 is 2.13. The second kappa shape index (κ2) is 3.79. The highest BCUT2D eigenvalue weighted by Crippen LogP contribution is 2.17. The number of rotatable bonds is 2.